The highest BCUT2D eigenvalue weighted by Crippen LogP contribution is 2.29. The fourth-order valence-corrected chi connectivity index (χ4v) is 4.49. The first-order chi connectivity index (χ1) is 7.57. The molecule has 0 radical (unpaired) electrons. The van der Waals surface area contributed by atoms with Gasteiger partial charge in [0.05, 0.1) is 5.75 Å². The minimum absolute atomic E-state index is 0.0333. The molecule has 0 aliphatic heterocycles. The number of aliphatic hydroxyl groups is 1. The number of nitrogens with one attached hydrogen (secondary N) is 1. The Kier molecular flexibility index (Phi) is 6.10. The Bertz CT molecular complexity index is 292. The molecule has 0 bridgehead atoms. The molecule has 1 fully saturated rings. The van der Waals surface area contributed by atoms with Crippen molar-refractivity contribution >= 4 is 21.8 Å². The SMILES string of the molecule is CCSC1CCC(NS(=O)(=O)CCCO)C1. The molecular weight excluding hydrogens is 246 g/mol. The summed E-state index contributed by atoms with van der Waals surface area (Å²) in [6, 6.07) is 0.104. The molecule has 1 saturated carbocycles. The maximum Gasteiger partial charge on any atom is 0.211 e. The summed E-state index contributed by atoms with van der Waals surface area (Å²) in [6.45, 7) is 2.06. The van der Waals surface area contributed by atoms with Gasteiger partial charge in [0.2, 0.25) is 10.0 Å². The monoisotopic (exact) mass is 267 g/mol. The normalized spacial score (nSPS) is 26.1. The second-order valence-electron chi connectivity index (χ2n) is 4.10. The van der Waals surface area contributed by atoms with E-state index >= 15 is 0 Å². The molecule has 6 heteroatoms. The topological polar surface area (TPSA) is 66.4 Å². The van der Waals surface area contributed by atoms with Crippen LogP contribution in [-0.4, -0.2) is 42.9 Å². The van der Waals surface area contributed by atoms with Crippen LogP contribution in [0.15, 0.2) is 0 Å². The van der Waals surface area contributed by atoms with E-state index in [2.05, 4.69) is 11.6 Å². The highest BCUT2D eigenvalue weighted by atomic mass is 32.2. The van der Waals surface area contributed by atoms with Crippen LogP contribution >= 0.6 is 11.8 Å². The molecule has 16 heavy (non-hydrogen) atoms. The summed E-state index contributed by atoms with van der Waals surface area (Å²) in [7, 11) is -3.18. The van der Waals surface area contributed by atoms with Crippen LogP contribution in [0.2, 0.25) is 0 Å². The number of thioether (sulfide) groups is 1. The minimum Gasteiger partial charge on any atom is -0.396 e. The van der Waals surface area contributed by atoms with E-state index in [0.717, 1.165) is 25.0 Å². The summed E-state index contributed by atoms with van der Waals surface area (Å²) in [6.07, 6.45) is 3.30. The molecule has 1 aliphatic rings. The Morgan fingerprint density at radius 3 is 2.81 bits per heavy atom. The maximum absolute atomic E-state index is 11.6. The van der Waals surface area contributed by atoms with Crippen molar-refractivity contribution in [2.75, 3.05) is 18.1 Å². The van der Waals surface area contributed by atoms with E-state index in [-0.39, 0.29) is 18.4 Å². The van der Waals surface area contributed by atoms with E-state index in [1.807, 2.05) is 11.8 Å². The molecule has 1 aliphatic carbocycles. The van der Waals surface area contributed by atoms with Gasteiger partial charge in [-0.2, -0.15) is 11.8 Å². The number of rotatable bonds is 7. The molecule has 0 amide bonds. The van der Waals surface area contributed by atoms with Crippen LogP contribution < -0.4 is 4.72 Å². The van der Waals surface area contributed by atoms with Crippen molar-refractivity contribution in [3.8, 4) is 0 Å². The highest BCUT2D eigenvalue weighted by molar-refractivity contribution is 7.99. The zero-order valence-electron chi connectivity index (χ0n) is 9.68. The molecule has 2 unspecified atom stereocenters. The molecule has 1 rings (SSSR count). The standard InChI is InChI=1S/C10H21NO3S2/c1-2-15-10-5-4-9(8-10)11-16(13,14)7-3-6-12/h9-12H,2-8H2,1H3. The van der Waals surface area contributed by atoms with Gasteiger partial charge in [-0.05, 0) is 31.4 Å². The smallest absolute Gasteiger partial charge is 0.211 e. The van der Waals surface area contributed by atoms with Gasteiger partial charge in [0.15, 0.2) is 0 Å². The number of hydrogen-bond acceptors (Lipinski definition) is 4. The van der Waals surface area contributed by atoms with E-state index in [4.69, 9.17) is 5.11 Å². The second kappa shape index (κ2) is 6.83. The number of aliphatic hydroxyl groups excluding tert-OH is 1. The molecule has 96 valence electrons. The van der Waals surface area contributed by atoms with Crippen molar-refractivity contribution in [1.82, 2.24) is 4.72 Å². The van der Waals surface area contributed by atoms with Gasteiger partial charge in [-0.3, -0.25) is 0 Å². The fourth-order valence-electron chi connectivity index (χ4n) is 2.00. The van der Waals surface area contributed by atoms with Crippen LogP contribution in [0.3, 0.4) is 0 Å². The lowest BCUT2D eigenvalue weighted by Gasteiger charge is -2.13. The maximum atomic E-state index is 11.6. The number of hydrogen-bond donors (Lipinski definition) is 2. The van der Waals surface area contributed by atoms with Crippen LogP contribution in [-0.2, 0) is 10.0 Å². The Morgan fingerprint density at radius 2 is 2.19 bits per heavy atom. The van der Waals surface area contributed by atoms with Gasteiger partial charge in [-0.25, -0.2) is 13.1 Å². The molecule has 2 N–H and O–H groups in total. The van der Waals surface area contributed by atoms with Crippen molar-refractivity contribution in [3.05, 3.63) is 0 Å². The summed E-state index contributed by atoms with van der Waals surface area (Å²) in [5.74, 6) is 1.13. The fraction of sp³-hybridized carbons (Fsp3) is 1.00. The van der Waals surface area contributed by atoms with Gasteiger partial charge in [-0.15, -0.1) is 0 Å². The van der Waals surface area contributed by atoms with Gasteiger partial charge in [-0.1, -0.05) is 6.92 Å². The summed E-state index contributed by atoms with van der Waals surface area (Å²) in [5.41, 5.74) is 0. The summed E-state index contributed by atoms with van der Waals surface area (Å²) < 4.78 is 25.9. The van der Waals surface area contributed by atoms with E-state index in [0.29, 0.717) is 11.7 Å². The zero-order chi connectivity index (χ0) is 12.0. The summed E-state index contributed by atoms with van der Waals surface area (Å²) in [4.78, 5) is 0. The lowest BCUT2D eigenvalue weighted by molar-refractivity contribution is 0.295. The van der Waals surface area contributed by atoms with Crippen molar-refractivity contribution in [3.63, 3.8) is 0 Å². The molecule has 0 aromatic rings. The van der Waals surface area contributed by atoms with E-state index in [1.54, 1.807) is 0 Å². The quantitative estimate of drug-likeness (QED) is 0.721. The summed E-state index contributed by atoms with van der Waals surface area (Å²) >= 11 is 1.91. The van der Waals surface area contributed by atoms with Crippen LogP contribution in [0.25, 0.3) is 0 Å². The average molecular weight is 267 g/mol. The first kappa shape index (κ1) is 14.3. The Hall–Kier alpha value is 0.220. The molecule has 2 atom stereocenters. The first-order valence-electron chi connectivity index (χ1n) is 5.80. The Balaban J connectivity index is 2.33. The van der Waals surface area contributed by atoms with Crippen molar-refractivity contribution in [1.29, 1.82) is 0 Å². The second-order valence-corrected chi connectivity index (χ2v) is 7.55. The number of sulfonamides is 1. The summed E-state index contributed by atoms with van der Waals surface area (Å²) in [5, 5.41) is 9.21. The molecule has 0 heterocycles. The minimum atomic E-state index is -3.18. The third-order valence-electron chi connectivity index (χ3n) is 2.70. The predicted molar refractivity (Wildman–Crippen MR) is 68.2 cm³/mol. The van der Waals surface area contributed by atoms with Gasteiger partial charge in [0, 0.05) is 17.9 Å². The highest BCUT2D eigenvalue weighted by Gasteiger charge is 2.27. The third kappa shape index (κ3) is 5.03. The lowest BCUT2D eigenvalue weighted by Crippen LogP contribution is -2.35. The van der Waals surface area contributed by atoms with Gasteiger partial charge >= 0.3 is 0 Å². The van der Waals surface area contributed by atoms with Crippen LogP contribution in [0.1, 0.15) is 32.6 Å². The van der Waals surface area contributed by atoms with Crippen molar-refractivity contribution < 1.29 is 13.5 Å². The van der Waals surface area contributed by atoms with Gasteiger partial charge in [0.1, 0.15) is 0 Å². The average Bonchev–Trinajstić information content (AvgIpc) is 2.62. The Morgan fingerprint density at radius 1 is 1.44 bits per heavy atom. The van der Waals surface area contributed by atoms with Crippen LogP contribution in [0.4, 0.5) is 0 Å². The van der Waals surface area contributed by atoms with Crippen LogP contribution in [0.5, 0.6) is 0 Å². The van der Waals surface area contributed by atoms with Gasteiger partial charge in [0.25, 0.3) is 0 Å². The van der Waals surface area contributed by atoms with Crippen LogP contribution in [0, 0.1) is 0 Å². The largest absolute Gasteiger partial charge is 0.396 e. The predicted octanol–water partition coefficient (Wildman–Crippen LogP) is 0.962. The third-order valence-corrected chi connectivity index (χ3v) is 5.46. The molecule has 0 aromatic heterocycles. The van der Waals surface area contributed by atoms with E-state index < -0.39 is 10.0 Å². The molecule has 4 nitrogen and oxygen atoms in total. The Labute approximate surface area is 102 Å². The van der Waals surface area contributed by atoms with E-state index in [9.17, 15) is 8.42 Å². The van der Waals surface area contributed by atoms with E-state index in [1.165, 1.54) is 0 Å². The molecule has 0 spiro atoms. The molecule has 0 saturated heterocycles. The molecular formula is C10H21NO3S2. The van der Waals surface area contributed by atoms with Crippen molar-refractivity contribution in [2.24, 2.45) is 0 Å². The van der Waals surface area contributed by atoms with Gasteiger partial charge < -0.3 is 5.11 Å². The van der Waals surface area contributed by atoms with Crippen molar-refractivity contribution in [2.45, 2.75) is 43.9 Å². The molecule has 0 aromatic carbocycles. The zero-order valence-corrected chi connectivity index (χ0v) is 11.3. The lowest BCUT2D eigenvalue weighted by atomic mass is 10.3. The first-order valence-corrected chi connectivity index (χ1v) is 8.50.